The highest BCUT2D eigenvalue weighted by Gasteiger charge is 2.13. The van der Waals surface area contributed by atoms with E-state index >= 15 is 0 Å². The first-order valence-corrected chi connectivity index (χ1v) is 11.5. The first-order chi connectivity index (χ1) is 15.1. The molecule has 0 aliphatic carbocycles. The summed E-state index contributed by atoms with van der Waals surface area (Å²) in [4.78, 5) is 14.0. The van der Waals surface area contributed by atoms with Gasteiger partial charge in [0.15, 0.2) is 0 Å². The van der Waals surface area contributed by atoms with Crippen LogP contribution in [-0.2, 0) is 6.54 Å². The molecule has 4 aromatic rings. The summed E-state index contributed by atoms with van der Waals surface area (Å²) in [6.07, 6.45) is 5.99. The van der Waals surface area contributed by atoms with Crippen molar-refractivity contribution in [3.05, 3.63) is 112 Å². The van der Waals surface area contributed by atoms with Gasteiger partial charge >= 0.3 is 0 Å². The molecule has 0 aliphatic heterocycles. The Morgan fingerprint density at radius 3 is 2.29 bits per heavy atom. The molecule has 5 heteroatoms. The maximum atomic E-state index is 12.8. The van der Waals surface area contributed by atoms with Gasteiger partial charge in [0, 0.05) is 27.1 Å². The third kappa shape index (κ3) is 5.16. The van der Waals surface area contributed by atoms with Crippen LogP contribution in [0.1, 0.15) is 5.56 Å². The molecule has 0 amide bonds. The van der Waals surface area contributed by atoms with Gasteiger partial charge in [-0.1, -0.05) is 78.4 Å². The van der Waals surface area contributed by atoms with Crippen LogP contribution in [0.3, 0.4) is 0 Å². The second-order valence-electron chi connectivity index (χ2n) is 6.98. The molecule has 0 N–H and O–H groups in total. The number of benzene rings is 3. The highest BCUT2D eigenvalue weighted by atomic mass is 35.5. The van der Waals surface area contributed by atoms with E-state index in [4.69, 9.17) is 16.7 Å². The predicted octanol–water partition coefficient (Wildman–Crippen LogP) is 6.67. The highest BCUT2D eigenvalue weighted by molar-refractivity contribution is 7.98. The lowest BCUT2D eigenvalue weighted by molar-refractivity contribution is 0.657. The number of thioether (sulfide) groups is 1. The number of aromatic nitrogens is 2. The van der Waals surface area contributed by atoms with Crippen LogP contribution in [0.5, 0.6) is 0 Å². The number of nitrogens with zero attached hydrogens (tertiary/aromatic N) is 2. The molecular weight excluding hydrogens is 424 g/mol. The standard InChI is InChI=1S/C26H21ClN2OS/c1-31-23-15-11-21(12-16-23)26-24(20-9-13-22(27)14-10-20)18-25(30)29(28-26)17-5-8-19-6-3-2-4-7-19/h2-16,18H,17H2,1H3. The average molecular weight is 445 g/mol. The Kier molecular flexibility index (Phi) is 6.70. The fourth-order valence-electron chi connectivity index (χ4n) is 3.29. The van der Waals surface area contributed by atoms with E-state index in [1.165, 1.54) is 9.58 Å². The maximum absolute atomic E-state index is 12.8. The van der Waals surface area contributed by atoms with Crippen LogP contribution in [0.2, 0.25) is 5.02 Å². The monoisotopic (exact) mass is 444 g/mol. The quantitative estimate of drug-likeness (QED) is 0.311. The minimum Gasteiger partial charge on any atom is -0.268 e. The minimum atomic E-state index is -0.146. The summed E-state index contributed by atoms with van der Waals surface area (Å²) < 4.78 is 1.50. The Hall–Kier alpha value is -3.08. The Morgan fingerprint density at radius 2 is 1.61 bits per heavy atom. The summed E-state index contributed by atoms with van der Waals surface area (Å²) in [7, 11) is 0. The van der Waals surface area contributed by atoms with E-state index in [1.807, 2.05) is 85.1 Å². The number of hydrogen-bond donors (Lipinski definition) is 0. The second kappa shape index (κ2) is 9.82. The van der Waals surface area contributed by atoms with E-state index in [0.29, 0.717) is 11.6 Å². The molecule has 0 saturated heterocycles. The lowest BCUT2D eigenvalue weighted by Crippen LogP contribution is -2.22. The summed E-state index contributed by atoms with van der Waals surface area (Å²) in [6.45, 7) is 0.393. The fourth-order valence-corrected chi connectivity index (χ4v) is 3.82. The van der Waals surface area contributed by atoms with Crippen LogP contribution in [0.15, 0.2) is 101 Å². The Bertz CT molecular complexity index is 1250. The molecule has 0 unspecified atom stereocenters. The molecule has 1 aromatic heterocycles. The van der Waals surface area contributed by atoms with Crippen molar-refractivity contribution in [2.75, 3.05) is 6.26 Å². The molecule has 31 heavy (non-hydrogen) atoms. The van der Waals surface area contributed by atoms with Crippen LogP contribution >= 0.6 is 23.4 Å². The number of rotatable bonds is 6. The van der Waals surface area contributed by atoms with Gasteiger partial charge in [-0.05, 0) is 41.6 Å². The first-order valence-electron chi connectivity index (χ1n) is 9.88. The van der Waals surface area contributed by atoms with Gasteiger partial charge in [-0.3, -0.25) is 4.79 Å². The molecule has 0 spiro atoms. The summed E-state index contributed by atoms with van der Waals surface area (Å²) in [5.74, 6) is 0. The zero-order valence-corrected chi connectivity index (χ0v) is 18.6. The Balaban J connectivity index is 1.76. The SMILES string of the molecule is CSc1ccc(-c2nn(CC=Cc3ccccc3)c(=O)cc2-c2ccc(Cl)cc2)cc1. The largest absolute Gasteiger partial charge is 0.268 e. The van der Waals surface area contributed by atoms with Crippen molar-refractivity contribution in [3.8, 4) is 22.4 Å². The topological polar surface area (TPSA) is 34.9 Å². The normalized spacial score (nSPS) is 11.2. The van der Waals surface area contributed by atoms with Gasteiger partial charge in [0.2, 0.25) is 0 Å². The number of halogens is 1. The van der Waals surface area contributed by atoms with E-state index < -0.39 is 0 Å². The van der Waals surface area contributed by atoms with Crippen LogP contribution in [0, 0.1) is 0 Å². The third-order valence-corrected chi connectivity index (χ3v) is 5.90. The summed E-state index contributed by atoms with van der Waals surface area (Å²) >= 11 is 7.75. The molecule has 1 heterocycles. The molecular formula is C26H21ClN2OS. The molecule has 0 atom stereocenters. The van der Waals surface area contributed by atoms with Gasteiger partial charge in [0.1, 0.15) is 0 Å². The van der Waals surface area contributed by atoms with Crippen molar-refractivity contribution in [1.29, 1.82) is 0 Å². The third-order valence-electron chi connectivity index (χ3n) is 4.90. The van der Waals surface area contributed by atoms with Crippen molar-refractivity contribution in [1.82, 2.24) is 9.78 Å². The van der Waals surface area contributed by atoms with E-state index in [-0.39, 0.29) is 5.56 Å². The van der Waals surface area contributed by atoms with E-state index in [2.05, 4.69) is 12.1 Å². The van der Waals surface area contributed by atoms with E-state index in [0.717, 1.165) is 27.9 Å². The van der Waals surface area contributed by atoms with Crippen molar-refractivity contribution < 1.29 is 0 Å². The molecule has 0 aliphatic rings. The minimum absolute atomic E-state index is 0.146. The molecule has 0 saturated carbocycles. The first kappa shape index (κ1) is 21.2. The van der Waals surface area contributed by atoms with Crippen LogP contribution in [0.25, 0.3) is 28.5 Å². The second-order valence-corrected chi connectivity index (χ2v) is 8.29. The van der Waals surface area contributed by atoms with E-state index in [1.54, 1.807) is 17.8 Å². The summed E-state index contributed by atoms with van der Waals surface area (Å²) in [5, 5.41) is 5.40. The lowest BCUT2D eigenvalue weighted by Gasteiger charge is -2.12. The zero-order chi connectivity index (χ0) is 21.6. The van der Waals surface area contributed by atoms with Crippen molar-refractivity contribution in [2.24, 2.45) is 0 Å². The van der Waals surface area contributed by atoms with Crippen LogP contribution < -0.4 is 5.56 Å². The average Bonchev–Trinajstić information content (AvgIpc) is 2.81. The van der Waals surface area contributed by atoms with Gasteiger partial charge < -0.3 is 0 Å². The molecule has 3 aromatic carbocycles. The fraction of sp³-hybridized carbons (Fsp3) is 0.0769. The maximum Gasteiger partial charge on any atom is 0.267 e. The van der Waals surface area contributed by atoms with E-state index in [9.17, 15) is 4.79 Å². The smallest absolute Gasteiger partial charge is 0.267 e. The van der Waals surface area contributed by atoms with Crippen LogP contribution in [-0.4, -0.2) is 16.0 Å². The molecule has 0 fully saturated rings. The Morgan fingerprint density at radius 1 is 0.935 bits per heavy atom. The van der Waals surface area contributed by atoms with Gasteiger partial charge in [-0.25, -0.2) is 4.68 Å². The van der Waals surface area contributed by atoms with Crippen molar-refractivity contribution >= 4 is 29.4 Å². The molecule has 0 radical (unpaired) electrons. The van der Waals surface area contributed by atoms with Crippen molar-refractivity contribution in [3.63, 3.8) is 0 Å². The Labute approximate surface area is 191 Å². The summed E-state index contributed by atoms with van der Waals surface area (Å²) in [6, 6.07) is 27.4. The predicted molar refractivity (Wildman–Crippen MR) is 132 cm³/mol. The number of hydrogen-bond acceptors (Lipinski definition) is 3. The number of allylic oxidation sites excluding steroid dienone is 1. The van der Waals surface area contributed by atoms with Gasteiger partial charge in [-0.15, -0.1) is 11.8 Å². The zero-order valence-electron chi connectivity index (χ0n) is 17.0. The van der Waals surface area contributed by atoms with Gasteiger partial charge in [0.05, 0.1) is 12.2 Å². The lowest BCUT2D eigenvalue weighted by atomic mass is 10.00. The van der Waals surface area contributed by atoms with Crippen LogP contribution in [0.4, 0.5) is 0 Å². The van der Waals surface area contributed by atoms with Crippen molar-refractivity contribution in [2.45, 2.75) is 11.4 Å². The molecule has 154 valence electrons. The highest BCUT2D eigenvalue weighted by Crippen LogP contribution is 2.31. The van der Waals surface area contributed by atoms with Gasteiger partial charge in [-0.2, -0.15) is 5.10 Å². The molecule has 3 nitrogen and oxygen atoms in total. The van der Waals surface area contributed by atoms with Gasteiger partial charge in [0.25, 0.3) is 5.56 Å². The summed E-state index contributed by atoms with van der Waals surface area (Å²) in [5.41, 5.74) is 4.37. The molecule has 0 bridgehead atoms. The molecule has 4 rings (SSSR count).